The summed E-state index contributed by atoms with van der Waals surface area (Å²) in [5.41, 5.74) is 2.91. The highest BCUT2D eigenvalue weighted by Crippen LogP contribution is 2.31. The molecule has 0 radical (unpaired) electrons. The summed E-state index contributed by atoms with van der Waals surface area (Å²) in [5.74, 6) is 0.920. The van der Waals surface area contributed by atoms with Crippen LogP contribution in [0.1, 0.15) is 15.9 Å². The van der Waals surface area contributed by atoms with Crippen molar-refractivity contribution in [3.63, 3.8) is 0 Å². The normalized spacial score (nSPS) is 10.6. The Hall–Kier alpha value is -3.58. The summed E-state index contributed by atoms with van der Waals surface area (Å²) in [4.78, 5) is 14.1. The Balaban J connectivity index is 1.64. The van der Waals surface area contributed by atoms with Crippen LogP contribution in [0.2, 0.25) is 0 Å². The molecular formula is C23H21N3O3S. The molecule has 2 heterocycles. The van der Waals surface area contributed by atoms with Gasteiger partial charge < -0.3 is 14.8 Å². The number of amides is 1. The van der Waals surface area contributed by atoms with Gasteiger partial charge in [0.2, 0.25) is 0 Å². The fourth-order valence-corrected chi connectivity index (χ4v) is 3.87. The van der Waals surface area contributed by atoms with Crippen molar-refractivity contribution >= 4 is 22.9 Å². The Bertz CT molecular complexity index is 1140. The van der Waals surface area contributed by atoms with Gasteiger partial charge >= 0.3 is 0 Å². The highest BCUT2D eigenvalue weighted by molar-refractivity contribution is 7.13. The van der Waals surface area contributed by atoms with E-state index in [2.05, 4.69) is 5.32 Å². The van der Waals surface area contributed by atoms with Crippen molar-refractivity contribution in [2.75, 3.05) is 19.5 Å². The van der Waals surface area contributed by atoms with E-state index in [-0.39, 0.29) is 5.91 Å². The first-order valence-corrected chi connectivity index (χ1v) is 10.2. The largest absolute Gasteiger partial charge is 0.493 e. The molecule has 2 aromatic carbocycles. The molecule has 1 N–H and O–H groups in total. The average Bonchev–Trinajstić information content (AvgIpc) is 3.44. The minimum Gasteiger partial charge on any atom is -0.493 e. The van der Waals surface area contributed by atoms with E-state index in [4.69, 9.17) is 14.6 Å². The van der Waals surface area contributed by atoms with Gasteiger partial charge in [0.15, 0.2) is 11.5 Å². The second-order valence-corrected chi connectivity index (χ2v) is 7.52. The maximum Gasteiger partial charge on any atom is 0.259 e. The van der Waals surface area contributed by atoms with Crippen molar-refractivity contribution in [3.8, 4) is 22.1 Å². The molecule has 6 nitrogen and oxygen atoms in total. The van der Waals surface area contributed by atoms with Crippen LogP contribution in [-0.2, 0) is 6.54 Å². The SMILES string of the molecule is COc1ccc(NC(=O)c2cn(Cc3ccccc3)nc2-c2cccs2)cc1OC. The first-order chi connectivity index (χ1) is 14.7. The van der Waals surface area contributed by atoms with E-state index in [1.165, 1.54) is 0 Å². The molecule has 0 unspecified atom stereocenters. The number of ether oxygens (including phenoxy) is 2. The Kier molecular flexibility index (Phi) is 5.81. The summed E-state index contributed by atoms with van der Waals surface area (Å²) in [6, 6.07) is 19.2. The monoisotopic (exact) mass is 419 g/mol. The lowest BCUT2D eigenvalue weighted by Crippen LogP contribution is -2.12. The molecule has 4 rings (SSSR count). The molecule has 1 amide bonds. The van der Waals surface area contributed by atoms with Gasteiger partial charge in [-0.05, 0) is 29.1 Å². The van der Waals surface area contributed by atoms with Gasteiger partial charge in [0.1, 0.15) is 5.69 Å². The highest BCUT2D eigenvalue weighted by atomic mass is 32.1. The molecule has 0 atom stereocenters. The van der Waals surface area contributed by atoms with Crippen molar-refractivity contribution in [2.24, 2.45) is 0 Å². The molecule has 0 saturated carbocycles. The number of nitrogens with zero attached hydrogens (tertiary/aromatic N) is 2. The fraction of sp³-hybridized carbons (Fsp3) is 0.130. The van der Waals surface area contributed by atoms with Gasteiger partial charge in [-0.3, -0.25) is 9.48 Å². The number of hydrogen-bond donors (Lipinski definition) is 1. The molecule has 152 valence electrons. The lowest BCUT2D eigenvalue weighted by molar-refractivity contribution is 0.102. The first kappa shape index (κ1) is 19.7. The smallest absolute Gasteiger partial charge is 0.259 e. The molecule has 2 aromatic heterocycles. The van der Waals surface area contributed by atoms with Crippen LogP contribution in [0.3, 0.4) is 0 Å². The number of anilines is 1. The molecule has 0 spiro atoms. The van der Waals surface area contributed by atoms with Gasteiger partial charge in [-0.2, -0.15) is 5.10 Å². The molecule has 0 saturated heterocycles. The zero-order valence-corrected chi connectivity index (χ0v) is 17.5. The molecule has 0 fully saturated rings. The van der Waals surface area contributed by atoms with E-state index < -0.39 is 0 Å². The predicted octanol–water partition coefficient (Wildman–Crippen LogP) is 4.93. The van der Waals surface area contributed by atoms with Crippen LogP contribution in [0.5, 0.6) is 11.5 Å². The molecular weight excluding hydrogens is 398 g/mol. The lowest BCUT2D eigenvalue weighted by Gasteiger charge is -2.10. The number of carbonyl (C=O) groups is 1. The maximum atomic E-state index is 13.1. The van der Waals surface area contributed by atoms with Crippen molar-refractivity contribution in [1.29, 1.82) is 0 Å². The number of benzene rings is 2. The van der Waals surface area contributed by atoms with Crippen LogP contribution in [0.4, 0.5) is 5.69 Å². The quantitative estimate of drug-likeness (QED) is 0.461. The maximum absolute atomic E-state index is 13.1. The van der Waals surface area contributed by atoms with Gasteiger partial charge in [0, 0.05) is 18.0 Å². The molecule has 7 heteroatoms. The van der Waals surface area contributed by atoms with E-state index in [1.54, 1.807) is 54.6 Å². The third-order valence-electron chi connectivity index (χ3n) is 4.59. The Morgan fingerprint density at radius 1 is 1.03 bits per heavy atom. The van der Waals surface area contributed by atoms with Crippen LogP contribution in [0.15, 0.2) is 72.2 Å². The summed E-state index contributed by atoms with van der Waals surface area (Å²) in [6.07, 6.45) is 1.79. The fourth-order valence-electron chi connectivity index (χ4n) is 3.15. The topological polar surface area (TPSA) is 65.4 Å². The van der Waals surface area contributed by atoms with Gasteiger partial charge in [0.05, 0.1) is 31.2 Å². The first-order valence-electron chi connectivity index (χ1n) is 9.36. The zero-order chi connectivity index (χ0) is 20.9. The Morgan fingerprint density at radius 3 is 2.53 bits per heavy atom. The minimum absolute atomic E-state index is 0.232. The number of hydrogen-bond acceptors (Lipinski definition) is 5. The summed E-state index contributed by atoms with van der Waals surface area (Å²) in [7, 11) is 3.14. The summed E-state index contributed by atoms with van der Waals surface area (Å²) in [5, 5.41) is 9.61. The van der Waals surface area contributed by atoms with E-state index in [9.17, 15) is 4.79 Å². The minimum atomic E-state index is -0.232. The molecule has 0 aliphatic rings. The summed E-state index contributed by atoms with van der Waals surface area (Å²) >= 11 is 1.55. The van der Waals surface area contributed by atoms with E-state index >= 15 is 0 Å². The molecule has 0 aliphatic carbocycles. The molecule has 4 aromatic rings. The van der Waals surface area contributed by atoms with Gasteiger partial charge in [-0.15, -0.1) is 11.3 Å². The van der Waals surface area contributed by atoms with Crippen molar-refractivity contribution in [3.05, 3.63) is 83.4 Å². The second-order valence-electron chi connectivity index (χ2n) is 6.58. The van der Waals surface area contributed by atoms with E-state index in [1.807, 2.05) is 47.8 Å². The number of rotatable bonds is 7. The van der Waals surface area contributed by atoms with Crippen LogP contribution < -0.4 is 14.8 Å². The zero-order valence-electron chi connectivity index (χ0n) is 16.7. The predicted molar refractivity (Wildman–Crippen MR) is 119 cm³/mol. The summed E-state index contributed by atoms with van der Waals surface area (Å²) < 4.78 is 12.4. The van der Waals surface area contributed by atoms with Crippen LogP contribution in [0, 0.1) is 0 Å². The standard InChI is InChI=1S/C23H21N3O3S/c1-28-19-11-10-17(13-20(19)29-2)24-23(27)18-15-26(14-16-7-4-3-5-8-16)25-22(18)21-9-6-12-30-21/h3-13,15H,14H2,1-2H3,(H,24,27). The number of methoxy groups -OCH3 is 2. The highest BCUT2D eigenvalue weighted by Gasteiger charge is 2.19. The van der Waals surface area contributed by atoms with Crippen molar-refractivity contribution < 1.29 is 14.3 Å². The molecule has 30 heavy (non-hydrogen) atoms. The van der Waals surface area contributed by atoms with Crippen LogP contribution in [-0.4, -0.2) is 29.9 Å². The number of thiophene rings is 1. The van der Waals surface area contributed by atoms with Gasteiger partial charge in [-0.1, -0.05) is 36.4 Å². The van der Waals surface area contributed by atoms with E-state index in [0.29, 0.717) is 35.0 Å². The van der Waals surface area contributed by atoms with E-state index in [0.717, 1.165) is 10.4 Å². The van der Waals surface area contributed by atoms with Crippen molar-refractivity contribution in [2.45, 2.75) is 6.54 Å². The van der Waals surface area contributed by atoms with Crippen molar-refractivity contribution in [1.82, 2.24) is 9.78 Å². The Labute approximate surface area is 178 Å². The number of nitrogens with one attached hydrogen (secondary N) is 1. The average molecular weight is 420 g/mol. The second kappa shape index (κ2) is 8.84. The van der Waals surface area contributed by atoms with Gasteiger partial charge in [-0.25, -0.2) is 0 Å². The Morgan fingerprint density at radius 2 is 1.83 bits per heavy atom. The number of aromatic nitrogens is 2. The molecule has 0 aliphatic heterocycles. The summed E-state index contributed by atoms with van der Waals surface area (Å²) in [6.45, 7) is 0.586. The molecule has 0 bridgehead atoms. The van der Waals surface area contributed by atoms with Crippen LogP contribution >= 0.6 is 11.3 Å². The lowest BCUT2D eigenvalue weighted by atomic mass is 10.2. The van der Waals surface area contributed by atoms with Crippen LogP contribution in [0.25, 0.3) is 10.6 Å². The van der Waals surface area contributed by atoms with Gasteiger partial charge in [0.25, 0.3) is 5.91 Å². The number of carbonyl (C=O) groups excluding carboxylic acids is 1. The third kappa shape index (κ3) is 4.21. The third-order valence-corrected chi connectivity index (χ3v) is 5.47.